The number of rotatable bonds is 2. The minimum Gasteiger partial charge on any atom is -0.497 e. The zero-order valence-electron chi connectivity index (χ0n) is 12.9. The molecule has 4 heteroatoms. The molecule has 0 N–H and O–H groups in total. The summed E-state index contributed by atoms with van der Waals surface area (Å²) in [6.45, 7) is 3.95. The number of hydrogen-bond donors (Lipinski definition) is 0. The second-order valence-electron chi connectivity index (χ2n) is 6.01. The van der Waals surface area contributed by atoms with E-state index in [4.69, 9.17) is 4.74 Å². The van der Waals surface area contributed by atoms with Crippen LogP contribution in [0.2, 0.25) is 0 Å². The molecule has 1 aliphatic heterocycles. The third-order valence-corrected chi connectivity index (χ3v) is 4.42. The first kappa shape index (κ1) is 14.0. The van der Waals surface area contributed by atoms with E-state index in [-0.39, 0.29) is 5.91 Å². The number of ether oxygens (including phenoxy) is 1. The second-order valence-corrected chi connectivity index (χ2v) is 6.01. The summed E-state index contributed by atoms with van der Waals surface area (Å²) in [5.41, 5.74) is 1.79. The zero-order chi connectivity index (χ0) is 15.0. The summed E-state index contributed by atoms with van der Waals surface area (Å²) in [6.07, 6.45) is 2.32. The molecule has 1 fully saturated rings. The van der Waals surface area contributed by atoms with Gasteiger partial charge in [0.1, 0.15) is 11.4 Å². The van der Waals surface area contributed by atoms with E-state index in [1.54, 1.807) is 7.11 Å². The molecule has 4 nitrogen and oxygen atoms in total. The van der Waals surface area contributed by atoms with Crippen molar-refractivity contribution in [3.05, 3.63) is 30.0 Å². The largest absolute Gasteiger partial charge is 0.497 e. The molecule has 1 aromatic heterocycles. The molecular weight excluding hydrogens is 264 g/mol. The number of piperidine rings is 1. The molecule has 2 aromatic rings. The normalized spacial score (nSPS) is 19.0. The Morgan fingerprint density at radius 3 is 2.86 bits per heavy atom. The van der Waals surface area contributed by atoms with Crippen molar-refractivity contribution in [2.45, 2.75) is 19.8 Å². The minimum atomic E-state index is 0.138. The standard InChI is InChI=1S/C17H22N2O2/c1-12-5-4-8-19(11-12)17(20)16-9-13-6-7-14(21-3)10-15(13)18(16)2/h6-7,9-10,12H,4-5,8,11H2,1-3H3. The van der Waals surface area contributed by atoms with E-state index >= 15 is 0 Å². The Kier molecular flexibility index (Phi) is 3.62. The van der Waals surface area contributed by atoms with Gasteiger partial charge in [0.15, 0.2) is 0 Å². The second kappa shape index (κ2) is 5.43. The van der Waals surface area contributed by atoms with Crippen LogP contribution in [-0.4, -0.2) is 35.6 Å². The number of benzene rings is 1. The summed E-state index contributed by atoms with van der Waals surface area (Å²) in [7, 11) is 3.60. The lowest BCUT2D eigenvalue weighted by Gasteiger charge is -2.31. The van der Waals surface area contributed by atoms with Gasteiger partial charge in [-0.25, -0.2) is 0 Å². The molecule has 21 heavy (non-hydrogen) atoms. The number of carbonyl (C=O) groups is 1. The first-order chi connectivity index (χ1) is 10.1. The fourth-order valence-corrected chi connectivity index (χ4v) is 3.18. The van der Waals surface area contributed by atoms with Crippen LogP contribution in [0.3, 0.4) is 0 Å². The quantitative estimate of drug-likeness (QED) is 0.850. The van der Waals surface area contributed by atoms with Gasteiger partial charge < -0.3 is 14.2 Å². The van der Waals surface area contributed by atoms with Gasteiger partial charge in [-0.05, 0) is 37.0 Å². The highest BCUT2D eigenvalue weighted by molar-refractivity contribution is 5.99. The molecule has 0 aliphatic carbocycles. The van der Waals surface area contributed by atoms with Gasteiger partial charge in [0.25, 0.3) is 5.91 Å². The van der Waals surface area contributed by atoms with Crippen molar-refractivity contribution in [3.8, 4) is 5.75 Å². The van der Waals surface area contributed by atoms with E-state index in [9.17, 15) is 4.79 Å². The highest BCUT2D eigenvalue weighted by atomic mass is 16.5. The number of nitrogens with zero attached hydrogens (tertiary/aromatic N) is 2. The highest BCUT2D eigenvalue weighted by Gasteiger charge is 2.24. The topological polar surface area (TPSA) is 34.5 Å². The SMILES string of the molecule is COc1ccc2cc(C(=O)N3CCCC(C)C3)n(C)c2c1. The molecule has 112 valence electrons. The maximum Gasteiger partial charge on any atom is 0.270 e. The lowest BCUT2D eigenvalue weighted by molar-refractivity contribution is 0.0674. The molecular formula is C17H22N2O2. The van der Waals surface area contributed by atoms with Crippen molar-refractivity contribution in [2.75, 3.05) is 20.2 Å². The monoisotopic (exact) mass is 286 g/mol. The van der Waals surface area contributed by atoms with Crippen LogP contribution in [-0.2, 0) is 7.05 Å². The maximum absolute atomic E-state index is 12.8. The lowest BCUT2D eigenvalue weighted by Crippen LogP contribution is -2.39. The van der Waals surface area contributed by atoms with Crippen LogP contribution in [0.15, 0.2) is 24.3 Å². The number of amides is 1. The molecule has 1 amide bonds. The summed E-state index contributed by atoms with van der Waals surface area (Å²) >= 11 is 0. The van der Waals surface area contributed by atoms with Gasteiger partial charge in [-0.1, -0.05) is 6.92 Å². The molecule has 0 radical (unpaired) electrons. The van der Waals surface area contributed by atoms with E-state index in [1.807, 2.05) is 40.8 Å². The van der Waals surface area contributed by atoms with E-state index in [0.717, 1.165) is 41.9 Å². The number of aryl methyl sites for hydroxylation is 1. The van der Waals surface area contributed by atoms with Gasteiger partial charge >= 0.3 is 0 Å². The van der Waals surface area contributed by atoms with Gasteiger partial charge in [0, 0.05) is 31.6 Å². The Morgan fingerprint density at radius 1 is 1.33 bits per heavy atom. The molecule has 0 bridgehead atoms. The van der Waals surface area contributed by atoms with Crippen LogP contribution in [0.5, 0.6) is 5.75 Å². The molecule has 1 unspecified atom stereocenters. The molecule has 0 saturated carbocycles. The summed E-state index contributed by atoms with van der Waals surface area (Å²) < 4.78 is 7.24. The number of aromatic nitrogens is 1. The van der Waals surface area contributed by atoms with Gasteiger partial charge in [-0.2, -0.15) is 0 Å². The smallest absolute Gasteiger partial charge is 0.270 e. The third kappa shape index (κ3) is 2.50. The number of fused-ring (bicyclic) bond motifs is 1. The fourth-order valence-electron chi connectivity index (χ4n) is 3.18. The first-order valence-corrected chi connectivity index (χ1v) is 7.53. The molecule has 1 aliphatic rings. The Hall–Kier alpha value is -1.97. The zero-order valence-corrected chi connectivity index (χ0v) is 12.9. The molecule has 1 saturated heterocycles. The Balaban J connectivity index is 1.96. The van der Waals surface area contributed by atoms with Crippen molar-refractivity contribution >= 4 is 16.8 Å². The van der Waals surface area contributed by atoms with E-state index in [1.165, 1.54) is 6.42 Å². The summed E-state index contributed by atoms with van der Waals surface area (Å²) in [5.74, 6) is 1.55. The molecule has 1 atom stereocenters. The van der Waals surface area contributed by atoms with Crippen molar-refractivity contribution in [3.63, 3.8) is 0 Å². The Labute approximate surface area is 125 Å². The van der Waals surface area contributed by atoms with Crippen LogP contribution < -0.4 is 4.74 Å². The van der Waals surface area contributed by atoms with Crippen LogP contribution >= 0.6 is 0 Å². The maximum atomic E-state index is 12.8. The van der Waals surface area contributed by atoms with Gasteiger partial charge in [0.05, 0.1) is 12.6 Å². The van der Waals surface area contributed by atoms with Gasteiger partial charge in [-0.3, -0.25) is 4.79 Å². The van der Waals surface area contributed by atoms with E-state index < -0.39 is 0 Å². The van der Waals surface area contributed by atoms with Crippen molar-refractivity contribution < 1.29 is 9.53 Å². The Morgan fingerprint density at radius 2 is 2.14 bits per heavy atom. The van der Waals surface area contributed by atoms with Crippen molar-refractivity contribution in [1.82, 2.24) is 9.47 Å². The number of methoxy groups -OCH3 is 1. The van der Waals surface area contributed by atoms with Gasteiger partial charge in [-0.15, -0.1) is 0 Å². The van der Waals surface area contributed by atoms with Crippen molar-refractivity contribution in [2.24, 2.45) is 13.0 Å². The van der Waals surface area contributed by atoms with E-state index in [0.29, 0.717) is 5.92 Å². The average Bonchev–Trinajstić information content (AvgIpc) is 2.83. The number of carbonyl (C=O) groups excluding carboxylic acids is 1. The molecule has 1 aromatic carbocycles. The minimum absolute atomic E-state index is 0.138. The fraction of sp³-hybridized carbons (Fsp3) is 0.471. The van der Waals surface area contributed by atoms with Crippen LogP contribution in [0.4, 0.5) is 0 Å². The lowest BCUT2D eigenvalue weighted by atomic mass is 10.00. The summed E-state index contributed by atoms with van der Waals surface area (Å²) in [4.78, 5) is 14.7. The van der Waals surface area contributed by atoms with Crippen LogP contribution in [0, 0.1) is 5.92 Å². The van der Waals surface area contributed by atoms with Crippen molar-refractivity contribution in [1.29, 1.82) is 0 Å². The molecule has 3 rings (SSSR count). The predicted molar refractivity (Wildman–Crippen MR) is 83.8 cm³/mol. The highest BCUT2D eigenvalue weighted by Crippen LogP contribution is 2.25. The van der Waals surface area contributed by atoms with Crippen LogP contribution in [0.25, 0.3) is 10.9 Å². The third-order valence-electron chi connectivity index (χ3n) is 4.42. The predicted octanol–water partition coefficient (Wildman–Crippen LogP) is 3.06. The summed E-state index contributed by atoms with van der Waals surface area (Å²) in [6, 6.07) is 7.89. The number of hydrogen-bond acceptors (Lipinski definition) is 2. The van der Waals surface area contributed by atoms with Gasteiger partial charge in [0.2, 0.25) is 0 Å². The Bertz CT molecular complexity index is 675. The first-order valence-electron chi connectivity index (χ1n) is 7.53. The molecule has 0 spiro atoms. The number of likely N-dealkylation sites (tertiary alicyclic amines) is 1. The van der Waals surface area contributed by atoms with E-state index in [2.05, 4.69) is 6.92 Å². The van der Waals surface area contributed by atoms with Crippen LogP contribution in [0.1, 0.15) is 30.3 Å². The average molecular weight is 286 g/mol. The molecule has 2 heterocycles. The summed E-state index contributed by atoms with van der Waals surface area (Å²) in [5, 5.41) is 1.08.